The second-order valence-electron chi connectivity index (χ2n) is 5.95. The van der Waals surface area contributed by atoms with Gasteiger partial charge in [0.25, 0.3) is 0 Å². The molecular weight excluding hydrogens is 398 g/mol. The lowest BCUT2D eigenvalue weighted by atomic mass is 10.2. The molecule has 0 aliphatic heterocycles. The molecule has 0 saturated heterocycles. The average molecular weight is 416 g/mol. The molecule has 0 bridgehead atoms. The first-order valence-corrected chi connectivity index (χ1v) is 10.2. The highest BCUT2D eigenvalue weighted by molar-refractivity contribution is 7.87. The number of hydrogen-bond acceptors (Lipinski definition) is 5. The fourth-order valence-electron chi connectivity index (χ4n) is 2.40. The summed E-state index contributed by atoms with van der Waals surface area (Å²) in [6.07, 6.45) is 1.64. The Morgan fingerprint density at radius 3 is 2.39 bits per heavy atom. The van der Waals surface area contributed by atoms with Gasteiger partial charge in [-0.05, 0) is 60.5 Å². The van der Waals surface area contributed by atoms with E-state index in [4.69, 9.17) is 20.5 Å². The molecule has 7 heteroatoms. The molecular formula is C21H18ClNO4S. The molecule has 3 rings (SSSR count). The van der Waals surface area contributed by atoms with Crippen LogP contribution in [0.15, 0.2) is 76.6 Å². The van der Waals surface area contributed by atoms with Gasteiger partial charge >= 0.3 is 10.1 Å². The van der Waals surface area contributed by atoms with Crippen LogP contribution in [0, 0.1) is 6.92 Å². The lowest BCUT2D eigenvalue weighted by Crippen LogP contribution is -2.10. The molecule has 144 valence electrons. The summed E-state index contributed by atoms with van der Waals surface area (Å²) in [6, 6.07) is 18.3. The highest BCUT2D eigenvalue weighted by Crippen LogP contribution is 2.30. The van der Waals surface area contributed by atoms with Gasteiger partial charge < -0.3 is 8.92 Å². The summed E-state index contributed by atoms with van der Waals surface area (Å²) in [5.41, 5.74) is 2.41. The molecule has 0 N–H and O–H groups in total. The lowest BCUT2D eigenvalue weighted by molar-refractivity contribution is 0.390. The van der Waals surface area contributed by atoms with E-state index in [1.165, 1.54) is 25.3 Å². The third-order valence-corrected chi connectivity index (χ3v) is 5.59. The predicted octanol–water partition coefficient (Wildman–Crippen LogP) is 5.18. The Bertz CT molecular complexity index is 1110. The summed E-state index contributed by atoms with van der Waals surface area (Å²) in [6.45, 7) is 1.92. The van der Waals surface area contributed by atoms with Crippen molar-refractivity contribution < 1.29 is 17.3 Å². The SMILES string of the molecule is COc1cc(C=Nc2ccc(C)c(Cl)c2)ccc1OS(=O)(=O)c1ccccc1. The molecule has 0 saturated carbocycles. The van der Waals surface area contributed by atoms with Gasteiger partial charge in [0.2, 0.25) is 0 Å². The van der Waals surface area contributed by atoms with Crippen LogP contribution in [-0.4, -0.2) is 21.7 Å². The number of halogens is 1. The Labute approximate surface area is 169 Å². The van der Waals surface area contributed by atoms with E-state index in [2.05, 4.69) is 4.99 Å². The lowest BCUT2D eigenvalue weighted by Gasteiger charge is -2.11. The molecule has 0 aliphatic rings. The van der Waals surface area contributed by atoms with Crippen LogP contribution in [0.1, 0.15) is 11.1 Å². The maximum atomic E-state index is 12.4. The molecule has 0 amide bonds. The normalized spacial score (nSPS) is 11.5. The Kier molecular flexibility index (Phi) is 6.02. The molecule has 5 nitrogen and oxygen atoms in total. The highest BCUT2D eigenvalue weighted by Gasteiger charge is 2.18. The zero-order chi connectivity index (χ0) is 20.1. The maximum absolute atomic E-state index is 12.4. The standard InChI is InChI=1S/C21H18ClNO4S/c1-15-8-10-17(13-19(15)22)23-14-16-9-11-20(21(12-16)26-2)27-28(24,25)18-6-4-3-5-7-18/h3-14H,1-2H3. The molecule has 3 aromatic rings. The van der Waals surface area contributed by atoms with Gasteiger partial charge in [0.15, 0.2) is 11.5 Å². The van der Waals surface area contributed by atoms with E-state index in [-0.39, 0.29) is 16.4 Å². The Morgan fingerprint density at radius 1 is 0.964 bits per heavy atom. The molecule has 28 heavy (non-hydrogen) atoms. The molecule has 0 unspecified atom stereocenters. The van der Waals surface area contributed by atoms with Crippen LogP contribution in [0.3, 0.4) is 0 Å². The summed E-state index contributed by atoms with van der Waals surface area (Å²) in [5.74, 6) is 0.382. The second-order valence-corrected chi connectivity index (χ2v) is 7.91. The number of methoxy groups -OCH3 is 1. The highest BCUT2D eigenvalue weighted by atomic mass is 35.5. The molecule has 0 aliphatic carbocycles. The van der Waals surface area contributed by atoms with Crippen LogP contribution in [-0.2, 0) is 10.1 Å². The molecule has 0 aromatic heterocycles. The molecule has 0 atom stereocenters. The van der Waals surface area contributed by atoms with Crippen molar-refractivity contribution in [2.24, 2.45) is 4.99 Å². The number of benzene rings is 3. The van der Waals surface area contributed by atoms with Crippen LogP contribution in [0.5, 0.6) is 11.5 Å². The number of nitrogens with zero attached hydrogens (tertiary/aromatic N) is 1. The van der Waals surface area contributed by atoms with Gasteiger partial charge in [-0.3, -0.25) is 4.99 Å². The van der Waals surface area contributed by atoms with Gasteiger partial charge in [0.1, 0.15) is 4.90 Å². The van der Waals surface area contributed by atoms with Gasteiger partial charge in [0.05, 0.1) is 12.8 Å². The third-order valence-electron chi connectivity index (χ3n) is 3.94. The Hall–Kier alpha value is -2.83. The van der Waals surface area contributed by atoms with E-state index in [1.54, 1.807) is 42.6 Å². The van der Waals surface area contributed by atoms with E-state index < -0.39 is 10.1 Å². The minimum absolute atomic E-state index is 0.0685. The van der Waals surface area contributed by atoms with Crippen molar-refractivity contribution in [3.63, 3.8) is 0 Å². The fraction of sp³-hybridized carbons (Fsp3) is 0.0952. The van der Waals surface area contributed by atoms with Crippen LogP contribution < -0.4 is 8.92 Å². The van der Waals surface area contributed by atoms with Gasteiger partial charge in [-0.1, -0.05) is 35.9 Å². The summed E-state index contributed by atoms with van der Waals surface area (Å²) < 4.78 is 35.3. The number of aryl methyl sites for hydroxylation is 1. The van der Waals surface area contributed by atoms with Gasteiger partial charge in [-0.25, -0.2) is 0 Å². The summed E-state index contributed by atoms with van der Waals surface area (Å²) in [7, 11) is -2.51. The van der Waals surface area contributed by atoms with E-state index in [0.29, 0.717) is 10.7 Å². The number of aliphatic imine (C=N–C) groups is 1. The third kappa shape index (κ3) is 4.71. The second kappa shape index (κ2) is 8.46. The number of rotatable bonds is 6. The van der Waals surface area contributed by atoms with Crippen molar-refractivity contribution in [2.75, 3.05) is 7.11 Å². The summed E-state index contributed by atoms with van der Waals surface area (Å²) >= 11 is 6.11. The van der Waals surface area contributed by atoms with Crippen LogP contribution in [0.25, 0.3) is 0 Å². The van der Waals surface area contributed by atoms with Gasteiger partial charge in [0, 0.05) is 11.2 Å². The van der Waals surface area contributed by atoms with Crippen molar-refractivity contribution in [1.29, 1.82) is 0 Å². The Morgan fingerprint density at radius 2 is 1.71 bits per heavy atom. The largest absolute Gasteiger partial charge is 0.493 e. The first-order valence-electron chi connectivity index (χ1n) is 8.37. The monoisotopic (exact) mass is 415 g/mol. The quantitative estimate of drug-likeness (QED) is 0.411. The summed E-state index contributed by atoms with van der Waals surface area (Å²) in [5, 5.41) is 0.641. The van der Waals surface area contributed by atoms with Crippen molar-refractivity contribution in [3.05, 3.63) is 82.9 Å². The molecule has 0 heterocycles. The van der Waals surface area contributed by atoms with E-state index in [1.807, 2.05) is 19.1 Å². The molecule has 0 radical (unpaired) electrons. The van der Waals surface area contributed by atoms with Crippen molar-refractivity contribution >= 4 is 33.6 Å². The van der Waals surface area contributed by atoms with E-state index >= 15 is 0 Å². The zero-order valence-corrected chi connectivity index (χ0v) is 16.9. The van der Waals surface area contributed by atoms with Gasteiger partial charge in [-0.15, -0.1) is 0 Å². The zero-order valence-electron chi connectivity index (χ0n) is 15.3. The average Bonchev–Trinajstić information content (AvgIpc) is 2.70. The maximum Gasteiger partial charge on any atom is 0.339 e. The number of hydrogen-bond donors (Lipinski definition) is 0. The van der Waals surface area contributed by atoms with Crippen LogP contribution in [0.2, 0.25) is 5.02 Å². The minimum Gasteiger partial charge on any atom is -0.493 e. The summed E-state index contributed by atoms with van der Waals surface area (Å²) in [4.78, 5) is 4.45. The first-order chi connectivity index (χ1) is 13.4. The Balaban J connectivity index is 1.84. The molecule has 0 spiro atoms. The predicted molar refractivity (Wildman–Crippen MR) is 111 cm³/mol. The van der Waals surface area contributed by atoms with Crippen molar-refractivity contribution in [3.8, 4) is 11.5 Å². The fourth-order valence-corrected chi connectivity index (χ4v) is 3.53. The van der Waals surface area contributed by atoms with Crippen molar-refractivity contribution in [1.82, 2.24) is 0 Å². The van der Waals surface area contributed by atoms with Crippen molar-refractivity contribution in [2.45, 2.75) is 11.8 Å². The van der Waals surface area contributed by atoms with Crippen LogP contribution >= 0.6 is 11.6 Å². The van der Waals surface area contributed by atoms with E-state index in [9.17, 15) is 8.42 Å². The number of ether oxygens (including phenoxy) is 1. The topological polar surface area (TPSA) is 65.0 Å². The van der Waals surface area contributed by atoms with E-state index in [0.717, 1.165) is 11.1 Å². The first kappa shape index (κ1) is 19.9. The molecule has 0 fully saturated rings. The van der Waals surface area contributed by atoms with Gasteiger partial charge in [-0.2, -0.15) is 8.42 Å². The minimum atomic E-state index is -3.95. The smallest absolute Gasteiger partial charge is 0.339 e. The molecule has 3 aromatic carbocycles. The van der Waals surface area contributed by atoms with Crippen LogP contribution in [0.4, 0.5) is 5.69 Å².